The first-order valence-corrected chi connectivity index (χ1v) is 7.57. The summed E-state index contributed by atoms with van der Waals surface area (Å²) in [6.07, 6.45) is 3.19. The maximum atomic E-state index is 13.4. The van der Waals surface area contributed by atoms with Gasteiger partial charge >= 0.3 is 0 Å². The van der Waals surface area contributed by atoms with Crippen molar-refractivity contribution in [3.05, 3.63) is 32.5 Å². The molecule has 1 aliphatic carbocycles. The van der Waals surface area contributed by atoms with Crippen LogP contribution in [0, 0.1) is 27.8 Å². The van der Waals surface area contributed by atoms with Crippen LogP contribution in [0.2, 0.25) is 0 Å². The molecule has 0 aliphatic heterocycles. The van der Waals surface area contributed by atoms with E-state index in [2.05, 4.69) is 35.1 Å². The Morgan fingerprint density at radius 2 is 2.10 bits per heavy atom. The zero-order valence-corrected chi connectivity index (χ0v) is 13.1. The van der Waals surface area contributed by atoms with E-state index in [0.717, 1.165) is 25.3 Å². The topological polar surface area (TPSA) is 55.2 Å². The predicted molar refractivity (Wildman–Crippen MR) is 80.3 cm³/mol. The molecule has 1 aliphatic rings. The molecule has 0 heterocycles. The number of nitro benzene ring substituents is 1. The first-order valence-electron chi connectivity index (χ1n) is 6.78. The van der Waals surface area contributed by atoms with Crippen molar-refractivity contribution in [1.82, 2.24) is 0 Å². The third kappa shape index (κ3) is 3.29. The maximum Gasteiger partial charge on any atom is 0.295 e. The van der Waals surface area contributed by atoms with Crippen molar-refractivity contribution in [3.8, 4) is 0 Å². The fraction of sp³-hybridized carbons (Fsp3) is 0.571. The molecule has 0 amide bonds. The second kappa shape index (κ2) is 6.08. The minimum absolute atomic E-state index is 0.197. The van der Waals surface area contributed by atoms with Gasteiger partial charge in [-0.25, -0.2) is 4.39 Å². The maximum absolute atomic E-state index is 13.4. The summed E-state index contributed by atoms with van der Waals surface area (Å²) >= 11 is 3.08. The van der Waals surface area contributed by atoms with E-state index in [1.807, 2.05) is 0 Å². The van der Waals surface area contributed by atoms with Gasteiger partial charge in [0, 0.05) is 6.04 Å². The average molecular weight is 345 g/mol. The van der Waals surface area contributed by atoms with Crippen molar-refractivity contribution in [2.45, 2.75) is 39.2 Å². The first kappa shape index (κ1) is 15.2. The molecule has 0 saturated heterocycles. The lowest BCUT2D eigenvalue weighted by atomic mass is 9.80. The van der Waals surface area contributed by atoms with Crippen LogP contribution in [0.3, 0.4) is 0 Å². The summed E-state index contributed by atoms with van der Waals surface area (Å²) in [6.45, 7) is 4.38. The number of nitro groups is 1. The summed E-state index contributed by atoms with van der Waals surface area (Å²) in [7, 11) is 0. The van der Waals surface area contributed by atoms with Crippen LogP contribution < -0.4 is 5.32 Å². The Kier molecular flexibility index (Phi) is 4.62. The van der Waals surface area contributed by atoms with E-state index in [-0.39, 0.29) is 16.2 Å². The fourth-order valence-electron chi connectivity index (χ4n) is 2.88. The van der Waals surface area contributed by atoms with Crippen molar-refractivity contribution < 1.29 is 9.31 Å². The summed E-state index contributed by atoms with van der Waals surface area (Å²) in [6, 6.07) is 2.61. The third-order valence-corrected chi connectivity index (χ3v) is 4.62. The predicted octanol–water partition coefficient (Wildman–Crippen LogP) is 4.73. The number of nitrogens with zero attached hydrogens (tertiary/aromatic N) is 1. The van der Waals surface area contributed by atoms with E-state index in [9.17, 15) is 14.5 Å². The van der Waals surface area contributed by atoms with Gasteiger partial charge < -0.3 is 5.32 Å². The monoisotopic (exact) mass is 344 g/mol. The van der Waals surface area contributed by atoms with Gasteiger partial charge in [0.05, 0.1) is 15.5 Å². The van der Waals surface area contributed by atoms with Crippen molar-refractivity contribution in [2.75, 3.05) is 5.32 Å². The molecule has 1 fully saturated rings. The Balaban J connectivity index is 2.24. The fourth-order valence-corrected chi connectivity index (χ4v) is 3.23. The van der Waals surface area contributed by atoms with Crippen molar-refractivity contribution in [2.24, 2.45) is 11.8 Å². The summed E-state index contributed by atoms with van der Waals surface area (Å²) in [5, 5.41) is 14.3. The van der Waals surface area contributed by atoms with Gasteiger partial charge in [0.1, 0.15) is 11.5 Å². The minimum Gasteiger partial charge on any atom is -0.376 e. The van der Waals surface area contributed by atoms with Gasteiger partial charge in [-0.2, -0.15) is 0 Å². The molecule has 1 saturated carbocycles. The van der Waals surface area contributed by atoms with Gasteiger partial charge in [-0.3, -0.25) is 10.1 Å². The van der Waals surface area contributed by atoms with Gasteiger partial charge in [0.15, 0.2) is 0 Å². The Labute approximate surface area is 126 Å². The molecular formula is C14H18BrFN2O2. The molecule has 0 spiro atoms. The highest BCUT2D eigenvalue weighted by Gasteiger charge is 2.27. The van der Waals surface area contributed by atoms with Crippen LogP contribution in [0.25, 0.3) is 0 Å². The first-order chi connectivity index (χ1) is 9.38. The van der Waals surface area contributed by atoms with Crippen LogP contribution in [0.1, 0.15) is 33.1 Å². The molecule has 3 atom stereocenters. The lowest BCUT2D eigenvalue weighted by molar-refractivity contribution is -0.384. The average Bonchev–Trinajstić information content (AvgIpc) is 2.36. The molecule has 1 N–H and O–H groups in total. The molecule has 1 aromatic carbocycles. The van der Waals surface area contributed by atoms with E-state index in [4.69, 9.17) is 0 Å². The molecule has 20 heavy (non-hydrogen) atoms. The number of hydrogen-bond acceptors (Lipinski definition) is 3. The van der Waals surface area contributed by atoms with E-state index in [0.29, 0.717) is 17.5 Å². The Bertz CT molecular complexity index is 524. The van der Waals surface area contributed by atoms with E-state index in [1.165, 1.54) is 6.07 Å². The SMILES string of the molecule is CC1CCC(Nc2cc(Br)c(F)cc2[N+](=O)[O-])C(C)C1. The molecule has 3 unspecified atom stereocenters. The standard InChI is InChI=1S/C14H18BrFN2O2/c1-8-3-4-12(9(2)5-8)17-13-6-10(15)11(16)7-14(13)18(19)20/h6-9,12,17H,3-5H2,1-2H3. The molecule has 0 radical (unpaired) electrons. The van der Waals surface area contributed by atoms with Crippen molar-refractivity contribution in [1.29, 1.82) is 0 Å². The van der Waals surface area contributed by atoms with E-state index >= 15 is 0 Å². The molecular weight excluding hydrogens is 327 g/mol. The quantitative estimate of drug-likeness (QED) is 0.636. The van der Waals surface area contributed by atoms with Gasteiger partial charge in [0.25, 0.3) is 5.69 Å². The Morgan fingerprint density at radius 3 is 2.70 bits per heavy atom. The number of nitrogens with one attached hydrogen (secondary N) is 1. The van der Waals surface area contributed by atoms with Gasteiger partial charge in [0.2, 0.25) is 0 Å². The normalized spacial score (nSPS) is 26.3. The summed E-state index contributed by atoms with van der Waals surface area (Å²) in [5.41, 5.74) is 0.172. The second-order valence-electron chi connectivity index (χ2n) is 5.69. The molecule has 1 aromatic rings. The lowest BCUT2D eigenvalue weighted by Gasteiger charge is -2.33. The molecule has 0 aromatic heterocycles. The molecule has 6 heteroatoms. The van der Waals surface area contributed by atoms with Gasteiger partial charge in [-0.05, 0) is 53.1 Å². The largest absolute Gasteiger partial charge is 0.376 e. The Morgan fingerprint density at radius 1 is 1.40 bits per heavy atom. The van der Waals surface area contributed by atoms with Gasteiger partial charge in [-0.15, -0.1) is 0 Å². The van der Waals surface area contributed by atoms with Crippen molar-refractivity contribution >= 4 is 27.3 Å². The lowest BCUT2D eigenvalue weighted by Crippen LogP contribution is -2.33. The smallest absolute Gasteiger partial charge is 0.295 e. The number of benzene rings is 1. The zero-order valence-electron chi connectivity index (χ0n) is 11.5. The molecule has 4 nitrogen and oxygen atoms in total. The number of anilines is 1. The number of hydrogen-bond donors (Lipinski definition) is 1. The highest BCUT2D eigenvalue weighted by atomic mass is 79.9. The highest BCUT2D eigenvalue weighted by molar-refractivity contribution is 9.10. The second-order valence-corrected chi connectivity index (χ2v) is 6.54. The molecule has 110 valence electrons. The van der Waals surface area contributed by atoms with Crippen LogP contribution in [0.5, 0.6) is 0 Å². The van der Waals surface area contributed by atoms with Crippen LogP contribution in [-0.4, -0.2) is 11.0 Å². The van der Waals surface area contributed by atoms with E-state index in [1.54, 1.807) is 0 Å². The van der Waals surface area contributed by atoms with E-state index < -0.39 is 10.7 Å². The van der Waals surface area contributed by atoms with Crippen molar-refractivity contribution in [3.63, 3.8) is 0 Å². The van der Waals surface area contributed by atoms with Crippen LogP contribution >= 0.6 is 15.9 Å². The number of rotatable bonds is 3. The van der Waals surface area contributed by atoms with Gasteiger partial charge in [-0.1, -0.05) is 13.8 Å². The van der Waals surface area contributed by atoms with Crippen LogP contribution in [-0.2, 0) is 0 Å². The zero-order chi connectivity index (χ0) is 14.9. The third-order valence-electron chi connectivity index (χ3n) is 4.01. The summed E-state index contributed by atoms with van der Waals surface area (Å²) < 4.78 is 13.7. The van der Waals surface area contributed by atoms with Crippen LogP contribution in [0.4, 0.5) is 15.8 Å². The summed E-state index contributed by atoms with van der Waals surface area (Å²) in [5.74, 6) is 0.521. The summed E-state index contributed by atoms with van der Waals surface area (Å²) in [4.78, 5) is 10.5. The molecule has 0 bridgehead atoms. The highest BCUT2D eigenvalue weighted by Crippen LogP contribution is 2.35. The minimum atomic E-state index is -0.618. The van der Waals surface area contributed by atoms with Crippen LogP contribution in [0.15, 0.2) is 16.6 Å². The Hall–Kier alpha value is -1.17. The molecule has 2 rings (SSSR count). The number of halogens is 2.